The van der Waals surface area contributed by atoms with E-state index in [2.05, 4.69) is 25.9 Å². The molecule has 2 nitrogen and oxygen atoms in total. The third kappa shape index (κ3) is 1.52. The number of nitrogens with zero attached hydrogens (tertiary/aromatic N) is 2. The molecule has 2 aromatic rings. The molecule has 0 amide bonds. The summed E-state index contributed by atoms with van der Waals surface area (Å²) in [6, 6.07) is 5.06. The topological polar surface area (TPSA) is 25.8 Å². The summed E-state index contributed by atoms with van der Waals surface area (Å²) in [5.74, 6) is 0.199. The summed E-state index contributed by atoms with van der Waals surface area (Å²) in [6.07, 6.45) is 3.53. The predicted octanol–water partition coefficient (Wildman–Crippen LogP) is 3.80. The summed E-state index contributed by atoms with van der Waals surface area (Å²) in [5, 5.41) is 0.855. The Morgan fingerprint density at radius 1 is 1.25 bits per heavy atom. The average Bonchev–Trinajstić information content (AvgIpc) is 2.17. The Morgan fingerprint density at radius 3 is 2.75 bits per heavy atom. The normalized spacial score (nSPS) is 16.4. The number of hydrogen-bond acceptors (Lipinski definition) is 2. The van der Waals surface area contributed by atoms with Crippen molar-refractivity contribution in [2.45, 2.75) is 25.2 Å². The average molecular weight is 281 g/mol. The molecule has 1 aliphatic carbocycles. The van der Waals surface area contributed by atoms with E-state index in [-0.39, 0.29) is 5.82 Å². The van der Waals surface area contributed by atoms with Crippen molar-refractivity contribution in [2.24, 2.45) is 0 Å². The highest BCUT2D eigenvalue weighted by atomic mass is 79.9. The molecule has 1 aromatic heterocycles. The van der Waals surface area contributed by atoms with Gasteiger partial charge >= 0.3 is 0 Å². The maximum atomic E-state index is 13.6. The molecule has 1 aromatic carbocycles. The molecule has 0 unspecified atom stereocenters. The molecule has 3 rings (SSSR count). The Bertz CT molecular complexity index is 552. The van der Waals surface area contributed by atoms with E-state index in [4.69, 9.17) is 0 Å². The van der Waals surface area contributed by atoms with Crippen molar-refractivity contribution in [2.75, 3.05) is 0 Å². The van der Waals surface area contributed by atoms with Crippen molar-refractivity contribution in [1.29, 1.82) is 0 Å². The molecule has 1 aliphatic rings. The van der Waals surface area contributed by atoms with Gasteiger partial charge in [-0.2, -0.15) is 0 Å². The Morgan fingerprint density at radius 2 is 2.06 bits per heavy atom. The second-order valence-electron chi connectivity index (χ2n) is 4.14. The van der Waals surface area contributed by atoms with Crippen LogP contribution in [0.4, 0.5) is 4.39 Å². The van der Waals surface area contributed by atoms with E-state index in [1.54, 1.807) is 6.07 Å². The molecule has 4 heteroatoms. The highest BCUT2D eigenvalue weighted by Crippen LogP contribution is 2.38. The number of aromatic nitrogens is 2. The van der Waals surface area contributed by atoms with Crippen LogP contribution in [0.1, 0.15) is 30.9 Å². The van der Waals surface area contributed by atoms with Crippen LogP contribution in [0.2, 0.25) is 0 Å². The number of fused-ring (bicyclic) bond motifs is 1. The molecular formula is C12H10BrFN2. The molecule has 82 valence electrons. The predicted molar refractivity (Wildman–Crippen MR) is 63.8 cm³/mol. The smallest absolute Gasteiger partial charge is 0.197 e. The first-order valence-electron chi connectivity index (χ1n) is 5.37. The van der Waals surface area contributed by atoms with Crippen LogP contribution in [-0.2, 0) is 0 Å². The Balaban J connectivity index is 2.29. The van der Waals surface area contributed by atoms with Crippen LogP contribution in [0.5, 0.6) is 0 Å². The summed E-state index contributed by atoms with van der Waals surface area (Å²) in [5.41, 5.74) is 1.41. The number of hydrogen-bond donors (Lipinski definition) is 0. The lowest BCUT2D eigenvalue weighted by molar-refractivity contribution is 0.413. The maximum absolute atomic E-state index is 13.6. The van der Waals surface area contributed by atoms with E-state index < -0.39 is 0 Å². The third-order valence-corrected chi connectivity index (χ3v) is 3.53. The first kappa shape index (κ1) is 10.1. The minimum atomic E-state index is -0.277. The fraction of sp³-hybridized carbons (Fsp3) is 0.333. The second-order valence-corrected chi connectivity index (χ2v) is 4.85. The minimum absolute atomic E-state index is 0.277. The van der Waals surface area contributed by atoms with Crippen LogP contribution in [0, 0.1) is 5.82 Å². The number of benzene rings is 1. The highest BCUT2D eigenvalue weighted by molar-refractivity contribution is 9.10. The summed E-state index contributed by atoms with van der Waals surface area (Å²) in [7, 11) is 0. The summed E-state index contributed by atoms with van der Waals surface area (Å²) in [6.45, 7) is 0. The second kappa shape index (κ2) is 3.77. The molecule has 16 heavy (non-hydrogen) atoms. The largest absolute Gasteiger partial charge is 0.226 e. The molecular weight excluding hydrogens is 271 g/mol. The van der Waals surface area contributed by atoms with Gasteiger partial charge in [0, 0.05) is 11.3 Å². The zero-order chi connectivity index (χ0) is 11.1. The first-order chi connectivity index (χ1) is 7.75. The van der Waals surface area contributed by atoms with E-state index >= 15 is 0 Å². The van der Waals surface area contributed by atoms with Gasteiger partial charge in [0.05, 0.1) is 5.69 Å². The van der Waals surface area contributed by atoms with Crippen molar-refractivity contribution in [3.63, 3.8) is 0 Å². The Hall–Kier alpha value is -1.03. The first-order valence-corrected chi connectivity index (χ1v) is 6.16. The van der Waals surface area contributed by atoms with E-state index in [0.717, 1.165) is 23.9 Å². The van der Waals surface area contributed by atoms with Gasteiger partial charge in [0.2, 0.25) is 0 Å². The van der Waals surface area contributed by atoms with E-state index in [1.807, 2.05) is 6.07 Å². The minimum Gasteiger partial charge on any atom is -0.226 e. The van der Waals surface area contributed by atoms with Crippen molar-refractivity contribution >= 4 is 26.8 Å². The zero-order valence-corrected chi connectivity index (χ0v) is 10.2. The zero-order valence-electron chi connectivity index (χ0n) is 8.58. The molecule has 1 saturated carbocycles. The molecule has 1 heterocycles. The van der Waals surface area contributed by atoms with Crippen molar-refractivity contribution in [3.05, 3.63) is 34.4 Å². The molecule has 0 N–H and O–H groups in total. The van der Waals surface area contributed by atoms with Crippen molar-refractivity contribution in [1.82, 2.24) is 9.97 Å². The molecule has 0 radical (unpaired) electrons. The highest BCUT2D eigenvalue weighted by Gasteiger charge is 2.24. The number of para-hydroxylation sites is 1. The van der Waals surface area contributed by atoms with Crippen molar-refractivity contribution in [3.8, 4) is 0 Å². The maximum Gasteiger partial charge on any atom is 0.197 e. The summed E-state index contributed by atoms with van der Waals surface area (Å²) >= 11 is 3.25. The molecule has 0 spiro atoms. The van der Waals surface area contributed by atoms with Crippen molar-refractivity contribution < 1.29 is 4.39 Å². The molecule has 1 fully saturated rings. The van der Waals surface area contributed by atoms with Crippen LogP contribution < -0.4 is 0 Å². The molecule has 0 atom stereocenters. The van der Waals surface area contributed by atoms with E-state index in [1.165, 1.54) is 12.5 Å². The number of rotatable bonds is 1. The lowest BCUT2D eigenvalue weighted by Gasteiger charge is -2.25. The van der Waals surface area contributed by atoms with Gasteiger partial charge in [0.15, 0.2) is 4.73 Å². The Labute approximate surface area is 101 Å². The summed E-state index contributed by atoms with van der Waals surface area (Å²) in [4.78, 5) is 8.51. The van der Waals surface area contributed by atoms with Crippen LogP contribution in [0.3, 0.4) is 0 Å². The molecule has 0 saturated heterocycles. The van der Waals surface area contributed by atoms with Gasteiger partial charge in [-0.15, -0.1) is 0 Å². The van der Waals surface area contributed by atoms with Gasteiger partial charge in [-0.05, 0) is 34.8 Å². The van der Waals surface area contributed by atoms with Gasteiger partial charge in [-0.3, -0.25) is 0 Å². The SMILES string of the molecule is Fc1cccc2c(C3CCC3)nc(Br)nc12. The monoisotopic (exact) mass is 280 g/mol. The van der Waals surface area contributed by atoms with Crippen LogP contribution in [0.15, 0.2) is 22.9 Å². The van der Waals surface area contributed by atoms with Gasteiger partial charge in [-0.1, -0.05) is 18.6 Å². The van der Waals surface area contributed by atoms with E-state index in [0.29, 0.717) is 16.2 Å². The fourth-order valence-electron chi connectivity index (χ4n) is 2.11. The van der Waals surface area contributed by atoms with E-state index in [9.17, 15) is 4.39 Å². The lowest BCUT2D eigenvalue weighted by Crippen LogP contribution is -2.12. The van der Waals surface area contributed by atoms with Crippen LogP contribution in [0.25, 0.3) is 10.9 Å². The fourth-order valence-corrected chi connectivity index (χ4v) is 2.47. The van der Waals surface area contributed by atoms with Gasteiger partial charge in [-0.25, -0.2) is 14.4 Å². The third-order valence-electron chi connectivity index (χ3n) is 3.17. The number of halogens is 2. The standard InChI is InChI=1S/C12H10BrFN2/c13-12-15-10(7-3-1-4-7)8-5-2-6-9(14)11(8)16-12/h2,5-7H,1,3-4H2. The lowest BCUT2D eigenvalue weighted by atomic mass is 9.81. The van der Waals surface area contributed by atoms with Gasteiger partial charge in [0.1, 0.15) is 11.3 Å². The Kier molecular flexibility index (Phi) is 2.39. The van der Waals surface area contributed by atoms with Gasteiger partial charge in [0.25, 0.3) is 0 Å². The van der Waals surface area contributed by atoms with Crippen LogP contribution in [-0.4, -0.2) is 9.97 Å². The quantitative estimate of drug-likeness (QED) is 0.743. The molecule has 0 aliphatic heterocycles. The summed E-state index contributed by atoms with van der Waals surface area (Å²) < 4.78 is 14.1. The molecule has 0 bridgehead atoms. The van der Waals surface area contributed by atoms with Gasteiger partial charge < -0.3 is 0 Å². The van der Waals surface area contributed by atoms with Crippen LogP contribution >= 0.6 is 15.9 Å².